The van der Waals surface area contributed by atoms with E-state index in [0.29, 0.717) is 18.1 Å². The Bertz CT molecular complexity index is 574. The summed E-state index contributed by atoms with van der Waals surface area (Å²) in [5.74, 6) is 1.17. The summed E-state index contributed by atoms with van der Waals surface area (Å²) in [5.41, 5.74) is 0.578. The largest absolute Gasteiger partial charge is 0.359 e. The van der Waals surface area contributed by atoms with Crippen molar-refractivity contribution in [2.24, 2.45) is 0 Å². The van der Waals surface area contributed by atoms with Gasteiger partial charge in [0.05, 0.1) is 12.2 Å². The SMILES string of the molecule is Cc1cc(Cn2c(C)nc(Cl)cc2=O)on1. The van der Waals surface area contributed by atoms with Gasteiger partial charge < -0.3 is 4.52 Å². The van der Waals surface area contributed by atoms with Crippen LogP contribution in [0.4, 0.5) is 0 Å². The highest BCUT2D eigenvalue weighted by atomic mass is 35.5. The maximum Gasteiger partial charge on any atom is 0.255 e. The third kappa shape index (κ3) is 2.14. The maximum absolute atomic E-state index is 11.6. The molecule has 5 nitrogen and oxygen atoms in total. The van der Waals surface area contributed by atoms with Crippen LogP contribution < -0.4 is 5.56 Å². The van der Waals surface area contributed by atoms with Gasteiger partial charge in [-0.3, -0.25) is 9.36 Å². The van der Waals surface area contributed by atoms with Crippen LogP contribution >= 0.6 is 11.6 Å². The zero-order valence-corrected chi connectivity index (χ0v) is 9.65. The molecule has 2 rings (SSSR count). The molecule has 0 bridgehead atoms. The van der Waals surface area contributed by atoms with Crippen LogP contribution in [0.3, 0.4) is 0 Å². The first kappa shape index (κ1) is 10.9. The third-order valence-electron chi connectivity index (χ3n) is 2.16. The summed E-state index contributed by atoms with van der Waals surface area (Å²) < 4.78 is 6.52. The average molecular weight is 240 g/mol. The van der Waals surface area contributed by atoms with Gasteiger partial charge in [0.1, 0.15) is 11.0 Å². The molecule has 2 heterocycles. The van der Waals surface area contributed by atoms with Gasteiger partial charge in [-0.25, -0.2) is 4.98 Å². The van der Waals surface area contributed by atoms with Crippen LogP contribution in [0.5, 0.6) is 0 Å². The standard InChI is InChI=1S/C10H10ClN3O2/c1-6-3-8(16-13-6)5-14-7(2)12-9(11)4-10(14)15/h3-4H,5H2,1-2H3. The molecule has 84 valence electrons. The highest BCUT2D eigenvalue weighted by Gasteiger charge is 2.07. The molecule has 0 atom stereocenters. The van der Waals surface area contributed by atoms with Gasteiger partial charge in [0.15, 0.2) is 5.76 Å². The van der Waals surface area contributed by atoms with E-state index in [9.17, 15) is 4.79 Å². The number of hydrogen-bond acceptors (Lipinski definition) is 4. The molecule has 0 aliphatic carbocycles. The van der Waals surface area contributed by atoms with Crippen LogP contribution in [0.25, 0.3) is 0 Å². The lowest BCUT2D eigenvalue weighted by molar-refractivity contribution is 0.370. The minimum Gasteiger partial charge on any atom is -0.359 e. The Morgan fingerprint density at radius 3 is 2.75 bits per heavy atom. The second-order valence-electron chi connectivity index (χ2n) is 3.49. The zero-order valence-electron chi connectivity index (χ0n) is 8.90. The molecular formula is C10H10ClN3O2. The minimum atomic E-state index is -0.202. The van der Waals surface area contributed by atoms with Gasteiger partial charge in [0, 0.05) is 12.1 Å². The van der Waals surface area contributed by atoms with Gasteiger partial charge in [-0.15, -0.1) is 0 Å². The second kappa shape index (κ2) is 4.09. The van der Waals surface area contributed by atoms with Gasteiger partial charge in [-0.1, -0.05) is 16.8 Å². The Kier molecular flexibility index (Phi) is 2.78. The minimum absolute atomic E-state index is 0.201. The van der Waals surface area contributed by atoms with Crippen molar-refractivity contribution in [3.8, 4) is 0 Å². The van der Waals surface area contributed by atoms with Crippen LogP contribution in [-0.4, -0.2) is 14.7 Å². The van der Waals surface area contributed by atoms with Crippen LogP contribution in [-0.2, 0) is 6.54 Å². The van der Waals surface area contributed by atoms with Gasteiger partial charge in [-0.05, 0) is 13.8 Å². The van der Waals surface area contributed by atoms with Crippen molar-refractivity contribution in [2.45, 2.75) is 20.4 Å². The quantitative estimate of drug-likeness (QED) is 0.746. The lowest BCUT2D eigenvalue weighted by Crippen LogP contribution is -2.23. The predicted octanol–water partition coefficient (Wildman–Crippen LogP) is 1.55. The lowest BCUT2D eigenvalue weighted by Gasteiger charge is -2.05. The number of hydrogen-bond donors (Lipinski definition) is 0. The highest BCUT2D eigenvalue weighted by Crippen LogP contribution is 2.06. The number of aromatic nitrogens is 3. The zero-order chi connectivity index (χ0) is 11.7. The van der Waals surface area contributed by atoms with E-state index in [1.54, 1.807) is 13.0 Å². The predicted molar refractivity (Wildman–Crippen MR) is 58.6 cm³/mol. The van der Waals surface area contributed by atoms with Gasteiger partial charge in [0.2, 0.25) is 0 Å². The van der Waals surface area contributed by atoms with Crippen LogP contribution in [0, 0.1) is 13.8 Å². The molecule has 0 amide bonds. The van der Waals surface area contributed by atoms with Crippen molar-refractivity contribution in [3.63, 3.8) is 0 Å². The lowest BCUT2D eigenvalue weighted by atomic mass is 10.3. The molecule has 0 N–H and O–H groups in total. The topological polar surface area (TPSA) is 60.9 Å². The van der Waals surface area contributed by atoms with E-state index < -0.39 is 0 Å². The molecule has 0 saturated carbocycles. The summed E-state index contributed by atoms with van der Waals surface area (Å²) in [4.78, 5) is 15.7. The summed E-state index contributed by atoms with van der Waals surface area (Å²) in [6.07, 6.45) is 0. The van der Waals surface area contributed by atoms with Gasteiger partial charge in [-0.2, -0.15) is 0 Å². The van der Waals surface area contributed by atoms with Crippen LogP contribution in [0.1, 0.15) is 17.3 Å². The number of rotatable bonds is 2. The van der Waals surface area contributed by atoms with E-state index in [-0.39, 0.29) is 10.7 Å². The number of nitrogens with zero attached hydrogens (tertiary/aromatic N) is 3. The van der Waals surface area contributed by atoms with Crippen LogP contribution in [0.2, 0.25) is 5.15 Å². The maximum atomic E-state index is 11.6. The van der Waals surface area contributed by atoms with Crippen molar-refractivity contribution < 1.29 is 4.52 Å². The Hall–Kier alpha value is -1.62. The van der Waals surface area contributed by atoms with E-state index in [0.717, 1.165) is 5.69 Å². The Morgan fingerprint density at radius 2 is 2.19 bits per heavy atom. The first-order valence-electron chi connectivity index (χ1n) is 4.72. The molecule has 0 aliphatic heterocycles. The first-order chi connectivity index (χ1) is 7.56. The van der Waals surface area contributed by atoms with Crippen molar-refractivity contribution >= 4 is 11.6 Å². The Balaban J connectivity index is 2.38. The van der Waals surface area contributed by atoms with E-state index in [2.05, 4.69) is 10.1 Å². The fourth-order valence-corrected chi connectivity index (χ4v) is 1.64. The molecule has 6 heteroatoms. The molecule has 2 aromatic heterocycles. The van der Waals surface area contributed by atoms with Crippen molar-refractivity contribution in [1.82, 2.24) is 14.7 Å². The van der Waals surface area contributed by atoms with Crippen molar-refractivity contribution in [3.05, 3.63) is 44.9 Å². The van der Waals surface area contributed by atoms with E-state index in [1.165, 1.54) is 10.6 Å². The summed E-state index contributed by atoms with van der Waals surface area (Å²) in [6.45, 7) is 3.86. The molecule has 0 saturated heterocycles. The Morgan fingerprint density at radius 1 is 1.44 bits per heavy atom. The number of aryl methyl sites for hydroxylation is 2. The van der Waals surface area contributed by atoms with Crippen molar-refractivity contribution in [1.29, 1.82) is 0 Å². The average Bonchev–Trinajstić information content (AvgIpc) is 2.58. The summed E-state index contributed by atoms with van der Waals surface area (Å²) in [6, 6.07) is 3.05. The molecule has 0 spiro atoms. The molecule has 0 aromatic carbocycles. The summed E-state index contributed by atoms with van der Waals surface area (Å²) >= 11 is 5.67. The monoisotopic (exact) mass is 239 g/mol. The number of halogens is 1. The highest BCUT2D eigenvalue weighted by molar-refractivity contribution is 6.29. The summed E-state index contributed by atoms with van der Waals surface area (Å²) in [5, 5.41) is 3.95. The third-order valence-corrected chi connectivity index (χ3v) is 2.35. The smallest absolute Gasteiger partial charge is 0.255 e. The normalized spacial score (nSPS) is 10.7. The molecule has 16 heavy (non-hydrogen) atoms. The molecule has 0 aliphatic rings. The van der Waals surface area contributed by atoms with E-state index >= 15 is 0 Å². The molecule has 0 unspecified atom stereocenters. The Labute approximate surface area is 96.7 Å². The van der Waals surface area contributed by atoms with E-state index in [4.69, 9.17) is 16.1 Å². The van der Waals surface area contributed by atoms with Gasteiger partial charge >= 0.3 is 0 Å². The molecule has 0 fully saturated rings. The van der Waals surface area contributed by atoms with E-state index in [1.807, 2.05) is 6.92 Å². The first-order valence-corrected chi connectivity index (χ1v) is 5.10. The summed E-state index contributed by atoms with van der Waals surface area (Å²) in [7, 11) is 0. The fraction of sp³-hybridized carbons (Fsp3) is 0.300. The van der Waals surface area contributed by atoms with Crippen LogP contribution in [0.15, 0.2) is 21.5 Å². The molecular weight excluding hydrogens is 230 g/mol. The molecule has 0 radical (unpaired) electrons. The second-order valence-corrected chi connectivity index (χ2v) is 3.87. The van der Waals surface area contributed by atoms with Gasteiger partial charge in [0.25, 0.3) is 5.56 Å². The molecule has 2 aromatic rings. The fourth-order valence-electron chi connectivity index (χ4n) is 1.43. The van der Waals surface area contributed by atoms with Crippen molar-refractivity contribution in [2.75, 3.05) is 0 Å².